The predicted molar refractivity (Wildman–Crippen MR) is 91.0 cm³/mol. The first-order valence-electron chi connectivity index (χ1n) is 7.93. The van der Waals surface area contributed by atoms with Crippen molar-refractivity contribution >= 4 is 0 Å². The summed E-state index contributed by atoms with van der Waals surface area (Å²) in [4.78, 5) is 0. The topological polar surface area (TPSA) is 39.9 Å². The van der Waals surface area contributed by atoms with Gasteiger partial charge in [0.2, 0.25) is 0 Å². The average Bonchev–Trinajstić information content (AvgIpc) is 3.04. The van der Waals surface area contributed by atoms with Crippen LogP contribution in [0.1, 0.15) is 25.1 Å². The first-order valence-corrected chi connectivity index (χ1v) is 7.93. The number of rotatable bonds is 6. The van der Waals surface area contributed by atoms with Gasteiger partial charge in [0.05, 0.1) is 23.7 Å². The molecule has 23 heavy (non-hydrogen) atoms. The van der Waals surface area contributed by atoms with Gasteiger partial charge in [-0.3, -0.25) is 0 Å². The Labute approximate surface area is 136 Å². The quantitative estimate of drug-likeness (QED) is 0.694. The number of nitrogens with zero attached hydrogens (tertiary/aromatic N) is 3. The maximum absolute atomic E-state index is 5.66. The van der Waals surface area contributed by atoms with Gasteiger partial charge in [-0.2, -0.15) is 0 Å². The van der Waals surface area contributed by atoms with Gasteiger partial charge in [0, 0.05) is 0 Å². The van der Waals surface area contributed by atoms with Gasteiger partial charge in [-0.1, -0.05) is 35.5 Å². The standard InChI is InChI=1S/C19H21N3O/c1-15(2)23-19-12-9-16(10-13-19)8-11-17-14-22(21-20-17)18-6-4-3-5-7-18/h3-7,9-10,12-15H,8,11H2,1-2H3. The second-order valence-electron chi connectivity index (χ2n) is 5.80. The van der Waals surface area contributed by atoms with Gasteiger partial charge >= 0.3 is 0 Å². The summed E-state index contributed by atoms with van der Waals surface area (Å²) in [6.45, 7) is 4.06. The molecule has 0 radical (unpaired) electrons. The first kappa shape index (κ1) is 15.3. The number of aromatic nitrogens is 3. The van der Waals surface area contributed by atoms with E-state index in [9.17, 15) is 0 Å². The molecular formula is C19H21N3O. The zero-order valence-electron chi connectivity index (χ0n) is 13.5. The number of ether oxygens (including phenoxy) is 1. The van der Waals surface area contributed by atoms with Crippen LogP contribution in [-0.2, 0) is 12.8 Å². The molecule has 1 heterocycles. The van der Waals surface area contributed by atoms with E-state index in [1.807, 2.05) is 67.2 Å². The van der Waals surface area contributed by atoms with Crippen molar-refractivity contribution in [1.82, 2.24) is 15.0 Å². The molecule has 0 saturated heterocycles. The number of benzene rings is 2. The lowest BCUT2D eigenvalue weighted by atomic mass is 10.1. The van der Waals surface area contributed by atoms with Crippen LogP contribution in [0.5, 0.6) is 5.75 Å². The fraction of sp³-hybridized carbons (Fsp3) is 0.263. The Morgan fingerprint density at radius 3 is 2.39 bits per heavy atom. The smallest absolute Gasteiger partial charge is 0.119 e. The molecule has 0 spiro atoms. The molecule has 118 valence electrons. The molecule has 3 rings (SSSR count). The molecule has 0 bridgehead atoms. The van der Waals surface area contributed by atoms with Crippen LogP contribution in [0.4, 0.5) is 0 Å². The summed E-state index contributed by atoms with van der Waals surface area (Å²) < 4.78 is 7.47. The van der Waals surface area contributed by atoms with Crippen molar-refractivity contribution in [2.45, 2.75) is 32.8 Å². The third-order valence-corrected chi connectivity index (χ3v) is 3.53. The minimum atomic E-state index is 0.203. The molecule has 4 nitrogen and oxygen atoms in total. The Bertz CT molecular complexity index is 733. The zero-order chi connectivity index (χ0) is 16.1. The van der Waals surface area contributed by atoms with Crippen molar-refractivity contribution in [2.24, 2.45) is 0 Å². The maximum atomic E-state index is 5.66. The summed E-state index contributed by atoms with van der Waals surface area (Å²) in [5, 5.41) is 8.44. The third-order valence-electron chi connectivity index (χ3n) is 3.53. The maximum Gasteiger partial charge on any atom is 0.119 e. The van der Waals surface area contributed by atoms with E-state index >= 15 is 0 Å². The summed E-state index contributed by atoms with van der Waals surface area (Å²) in [5.41, 5.74) is 3.30. The van der Waals surface area contributed by atoms with E-state index in [0.717, 1.165) is 30.0 Å². The van der Waals surface area contributed by atoms with Crippen LogP contribution in [0.3, 0.4) is 0 Å². The van der Waals surface area contributed by atoms with Gasteiger partial charge in [-0.15, -0.1) is 5.10 Å². The summed E-state index contributed by atoms with van der Waals surface area (Å²) in [6.07, 6.45) is 4.01. The van der Waals surface area contributed by atoms with Gasteiger partial charge < -0.3 is 4.74 Å². The third kappa shape index (κ3) is 4.19. The second-order valence-corrected chi connectivity index (χ2v) is 5.80. The molecule has 0 N–H and O–H groups in total. The fourth-order valence-electron chi connectivity index (χ4n) is 2.40. The number of hydrogen-bond donors (Lipinski definition) is 0. The molecule has 0 unspecified atom stereocenters. The highest BCUT2D eigenvalue weighted by Gasteiger charge is 2.04. The van der Waals surface area contributed by atoms with Gasteiger partial charge in [-0.25, -0.2) is 4.68 Å². The van der Waals surface area contributed by atoms with Crippen LogP contribution < -0.4 is 4.74 Å². The number of para-hydroxylation sites is 1. The van der Waals surface area contributed by atoms with E-state index in [0.29, 0.717) is 0 Å². The molecule has 4 heteroatoms. The van der Waals surface area contributed by atoms with E-state index in [1.165, 1.54) is 5.56 Å². The van der Waals surface area contributed by atoms with Crippen LogP contribution in [0.2, 0.25) is 0 Å². The normalized spacial score (nSPS) is 10.9. The van der Waals surface area contributed by atoms with Crippen molar-refractivity contribution in [3.8, 4) is 11.4 Å². The lowest BCUT2D eigenvalue weighted by Gasteiger charge is -2.09. The van der Waals surface area contributed by atoms with E-state index in [2.05, 4.69) is 22.4 Å². The Morgan fingerprint density at radius 2 is 1.70 bits per heavy atom. The molecule has 1 aromatic heterocycles. The van der Waals surface area contributed by atoms with Crippen LogP contribution in [0.15, 0.2) is 60.8 Å². The number of aryl methyl sites for hydroxylation is 2. The summed E-state index contributed by atoms with van der Waals surface area (Å²) in [7, 11) is 0. The van der Waals surface area contributed by atoms with Crippen LogP contribution >= 0.6 is 0 Å². The summed E-state index contributed by atoms with van der Waals surface area (Å²) >= 11 is 0. The Hall–Kier alpha value is -2.62. The molecular weight excluding hydrogens is 286 g/mol. The van der Waals surface area contributed by atoms with E-state index < -0.39 is 0 Å². The van der Waals surface area contributed by atoms with Crippen molar-refractivity contribution in [2.75, 3.05) is 0 Å². The highest BCUT2D eigenvalue weighted by Crippen LogP contribution is 2.15. The van der Waals surface area contributed by atoms with E-state index in [1.54, 1.807) is 0 Å². The van der Waals surface area contributed by atoms with Gasteiger partial charge in [0.25, 0.3) is 0 Å². The minimum absolute atomic E-state index is 0.203. The number of hydrogen-bond acceptors (Lipinski definition) is 3. The fourth-order valence-corrected chi connectivity index (χ4v) is 2.40. The van der Waals surface area contributed by atoms with Crippen molar-refractivity contribution in [1.29, 1.82) is 0 Å². The van der Waals surface area contributed by atoms with Crippen LogP contribution in [0, 0.1) is 0 Å². The van der Waals surface area contributed by atoms with Gasteiger partial charge in [0.1, 0.15) is 5.75 Å². The molecule has 0 aliphatic heterocycles. The van der Waals surface area contributed by atoms with E-state index in [4.69, 9.17) is 4.74 Å². The second kappa shape index (κ2) is 7.09. The van der Waals surface area contributed by atoms with Crippen LogP contribution in [-0.4, -0.2) is 21.1 Å². The molecule has 0 aliphatic carbocycles. The molecule has 0 fully saturated rings. The Kier molecular flexibility index (Phi) is 4.71. The highest BCUT2D eigenvalue weighted by molar-refractivity contribution is 5.30. The first-order chi connectivity index (χ1) is 11.2. The molecule has 0 aliphatic rings. The molecule has 0 saturated carbocycles. The lowest BCUT2D eigenvalue weighted by Crippen LogP contribution is -2.05. The molecule has 0 atom stereocenters. The Balaban J connectivity index is 1.59. The van der Waals surface area contributed by atoms with E-state index in [-0.39, 0.29) is 6.10 Å². The highest BCUT2D eigenvalue weighted by atomic mass is 16.5. The van der Waals surface area contributed by atoms with Gasteiger partial charge in [0.15, 0.2) is 0 Å². The zero-order valence-corrected chi connectivity index (χ0v) is 13.5. The molecule has 2 aromatic carbocycles. The lowest BCUT2D eigenvalue weighted by molar-refractivity contribution is 0.242. The van der Waals surface area contributed by atoms with Crippen molar-refractivity contribution in [3.63, 3.8) is 0 Å². The summed E-state index contributed by atoms with van der Waals surface area (Å²) in [6, 6.07) is 18.3. The molecule has 3 aromatic rings. The van der Waals surface area contributed by atoms with Crippen molar-refractivity contribution < 1.29 is 4.74 Å². The predicted octanol–water partition coefficient (Wildman–Crippen LogP) is 3.84. The SMILES string of the molecule is CC(C)Oc1ccc(CCc2cn(-c3ccccc3)nn2)cc1. The van der Waals surface area contributed by atoms with Crippen molar-refractivity contribution in [3.05, 3.63) is 72.1 Å². The van der Waals surface area contributed by atoms with Gasteiger partial charge in [-0.05, 0) is 56.5 Å². The Morgan fingerprint density at radius 1 is 0.957 bits per heavy atom. The monoisotopic (exact) mass is 307 g/mol. The largest absolute Gasteiger partial charge is 0.491 e. The van der Waals surface area contributed by atoms with Crippen LogP contribution in [0.25, 0.3) is 5.69 Å². The minimum Gasteiger partial charge on any atom is -0.491 e. The molecule has 0 amide bonds. The summed E-state index contributed by atoms with van der Waals surface area (Å²) in [5.74, 6) is 0.916. The average molecular weight is 307 g/mol.